The molecule has 0 aromatic rings. The third kappa shape index (κ3) is 13.6. The fraction of sp³-hybridized carbons (Fsp3) is 1.00. The number of ether oxygens (including phenoxy) is 3. The highest BCUT2D eigenvalue weighted by Gasteiger charge is 2.19. The van der Waals surface area contributed by atoms with Crippen molar-refractivity contribution in [2.45, 2.75) is 59.8 Å². The summed E-state index contributed by atoms with van der Waals surface area (Å²) in [5, 5.41) is 0. The van der Waals surface area contributed by atoms with Crippen molar-refractivity contribution < 1.29 is 22.6 Å². The molecule has 0 N–H and O–H groups in total. The quantitative estimate of drug-likeness (QED) is 0.609. The largest absolute Gasteiger partial charge is 0.381 e. The molecule has 4 heterocycles. The van der Waals surface area contributed by atoms with Gasteiger partial charge in [0.05, 0.1) is 24.7 Å². The molecule has 0 aliphatic carbocycles. The van der Waals surface area contributed by atoms with Crippen LogP contribution in [0, 0.1) is 23.7 Å². The average Bonchev–Trinajstić information content (AvgIpc) is 3.09. The van der Waals surface area contributed by atoms with Crippen molar-refractivity contribution in [3.8, 4) is 0 Å². The molecule has 4 rings (SSSR count). The number of rotatable bonds is 0. The maximum Gasteiger partial charge on any atom is 0.150 e. The van der Waals surface area contributed by atoms with E-state index in [2.05, 4.69) is 27.7 Å². The molecule has 1 unspecified atom stereocenters. The Hall–Kier alpha value is -0.170. The number of hydrogen-bond donors (Lipinski definition) is 0. The van der Waals surface area contributed by atoms with Crippen LogP contribution in [0.4, 0.5) is 0 Å². The highest BCUT2D eigenvalue weighted by molar-refractivity contribution is 7.91. The Morgan fingerprint density at radius 1 is 0.556 bits per heavy atom. The molecule has 4 saturated heterocycles. The molecule has 4 aliphatic heterocycles. The molecule has 4 fully saturated rings. The van der Waals surface area contributed by atoms with Crippen LogP contribution in [0.3, 0.4) is 0 Å². The van der Waals surface area contributed by atoms with Gasteiger partial charge in [-0.3, -0.25) is 0 Å². The van der Waals surface area contributed by atoms with Gasteiger partial charge in [0.2, 0.25) is 0 Å². The second-order valence-corrected chi connectivity index (χ2v) is 11.0. The molecule has 6 heteroatoms. The normalized spacial score (nSPS) is 28.4. The van der Waals surface area contributed by atoms with E-state index in [1.807, 2.05) is 0 Å². The first-order valence-corrected chi connectivity index (χ1v) is 12.5. The first-order valence-electron chi connectivity index (χ1n) is 10.7. The monoisotopic (exact) mass is 406 g/mol. The fourth-order valence-electron chi connectivity index (χ4n) is 2.83. The van der Waals surface area contributed by atoms with Gasteiger partial charge in [-0.1, -0.05) is 27.7 Å². The minimum absolute atomic E-state index is 0.411. The van der Waals surface area contributed by atoms with Crippen molar-refractivity contribution in [2.75, 3.05) is 51.1 Å². The molecule has 0 saturated carbocycles. The van der Waals surface area contributed by atoms with Crippen molar-refractivity contribution in [1.29, 1.82) is 0 Å². The zero-order chi connectivity index (χ0) is 20.1. The van der Waals surface area contributed by atoms with Crippen LogP contribution in [-0.4, -0.2) is 59.6 Å². The van der Waals surface area contributed by atoms with Gasteiger partial charge in [0, 0.05) is 32.3 Å². The lowest BCUT2D eigenvalue weighted by molar-refractivity contribution is -0.0221. The van der Waals surface area contributed by atoms with Gasteiger partial charge in [-0.15, -0.1) is 0 Å². The fourth-order valence-corrected chi connectivity index (χ4v) is 4.56. The maximum atomic E-state index is 10.8. The Bertz CT molecular complexity index is 435. The van der Waals surface area contributed by atoms with E-state index in [-0.39, 0.29) is 0 Å². The summed E-state index contributed by atoms with van der Waals surface area (Å²) in [7, 11) is -2.62. The molecule has 1 atom stereocenters. The zero-order valence-corrected chi connectivity index (χ0v) is 18.8. The summed E-state index contributed by atoms with van der Waals surface area (Å²) in [5.41, 5.74) is 0. The summed E-state index contributed by atoms with van der Waals surface area (Å²) < 4.78 is 36.6. The molecule has 27 heavy (non-hydrogen) atoms. The topological polar surface area (TPSA) is 61.8 Å². The van der Waals surface area contributed by atoms with Crippen LogP contribution in [0.25, 0.3) is 0 Å². The maximum absolute atomic E-state index is 10.8. The summed E-state index contributed by atoms with van der Waals surface area (Å²) in [4.78, 5) is 0. The highest BCUT2D eigenvalue weighted by atomic mass is 32.2. The van der Waals surface area contributed by atoms with Crippen molar-refractivity contribution in [3.63, 3.8) is 0 Å². The molecule has 5 nitrogen and oxygen atoms in total. The average molecular weight is 407 g/mol. The van der Waals surface area contributed by atoms with Crippen molar-refractivity contribution >= 4 is 9.84 Å². The molecular weight excluding hydrogens is 364 g/mol. The second-order valence-electron chi connectivity index (χ2n) is 8.74. The molecular formula is C21H42O5S. The van der Waals surface area contributed by atoms with Gasteiger partial charge in [-0.05, 0) is 49.9 Å². The van der Waals surface area contributed by atoms with Crippen LogP contribution in [0.2, 0.25) is 0 Å². The highest BCUT2D eigenvalue weighted by Crippen LogP contribution is 2.17. The first-order chi connectivity index (χ1) is 12.8. The lowest BCUT2D eigenvalue weighted by atomic mass is 10.0. The molecule has 4 aliphatic rings. The zero-order valence-electron chi connectivity index (χ0n) is 18.0. The van der Waals surface area contributed by atoms with E-state index in [1.54, 1.807) is 0 Å². The van der Waals surface area contributed by atoms with Crippen LogP contribution in [0.15, 0.2) is 0 Å². The van der Waals surface area contributed by atoms with Gasteiger partial charge in [0.1, 0.15) is 9.84 Å². The van der Waals surface area contributed by atoms with Crippen molar-refractivity contribution in [2.24, 2.45) is 23.7 Å². The molecule has 0 spiro atoms. The molecule has 0 bridgehead atoms. The molecule has 0 aromatic heterocycles. The second kappa shape index (κ2) is 13.9. The van der Waals surface area contributed by atoms with Crippen LogP contribution < -0.4 is 0 Å². The van der Waals surface area contributed by atoms with Crippen LogP contribution in [0.1, 0.15) is 59.8 Å². The van der Waals surface area contributed by atoms with Crippen molar-refractivity contribution in [3.05, 3.63) is 0 Å². The van der Waals surface area contributed by atoms with E-state index in [0.717, 1.165) is 70.2 Å². The van der Waals surface area contributed by atoms with E-state index >= 15 is 0 Å². The molecule has 0 aromatic carbocycles. The van der Waals surface area contributed by atoms with E-state index < -0.39 is 9.84 Å². The lowest BCUT2D eigenvalue weighted by Crippen LogP contribution is -2.23. The lowest BCUT2D eigenvalue weighted by Gasteiger charge is -2.20. The third-order valence-electron chi connectivity index (χ3n) is 5.32. The SMILES string of the molecule is CC1CCOC1.CC1CCOCC1.CC1CCS(=O)(=O)CC1.CC1COC1. The summed E-state index contributed by atoms with van der Waals surface area (Å²) in [6.45, 7) is 14.7. The van der Waals surface area contributed by atoms with E-state index in [4.69, 9.17) is 14.2 Å². The molecule has 0 radical (unpaired) electrons. The van der Waals surface area contributed by atoms with Crippen molar-refractivity contribution in [1.82, 2.24) is 0 Å². The van der Waals surface area contributed by atoms with Gasteiger partial charge < -0.3 is 14.2 Å². The predicted molar refractivity (Wildman–Crippen MR) is 111 cm³/mol. The first kappa shape index (κ1) is 24.9. The number of hydrogen-bond acceptors (Lipinski definition) is 5. The molecule has 162 valence electrons. The minimum Gasteiger partial charge on any atom is -0.381 e. The summed E-state index contributed by atoms with van der Waals surface area (Å²) in [5.74, 6) is 4.02. The molecule has 0 amide bonds. The Labute approximate surface area is 167 Å². The summed E-state index contributed by atoms with van der Waals surface area (Å²) in [6, 6.07) is 0. The van der Waals surface area contributed by atoms with Gasteiger partial charge in [-0.2, -0.15) is 0 Å². The van der Waals surface area contributed by atoms with Crippen LogP contribution >= 0.6 is 0 Å². The standard InChI is InChI=1S/C6H12O2S.C6H12O.C5H10O.C4H8O/c1-6-2-4-9(7,8)5-3-6;1-6-2-4-7-5-3-6;1-5-2-3-6-4-5;1-4-2-5-3-4/h6H,2-5H2,1H3;6H,2-5H2,1H3;5H,2-4H2,1H3;4H,2-3H2,1H3. The Morgan fingerprint density at radius 2 is 1.00 bits per heavy atom. The van der Waals surface area contributed by atoms with E-state index in [0.29, 0.717) is 17.4 Å². The third-order valence-corrected chi connectivity index (χ3v) is 7.03. The summed E-state index contributed by atoms with van der Waals surface area (Å²) >= 11 is 0. The summed E-state index contributed by atoms with van der Waals surface area (Å²) in [6.07, 6.45) is 5.52. The van der Waals surface area contributed by atoms with Gasteiger partial charge in [-0.25, -0.2) is 8.42 Å². The minimum atomic E-state index is -2.62. The predicted octanol–water partition coefficient (Wildman–Crippen LogP) is 3.96. The Kier molecular flexibility index (Phi) is 12.8. The Balaban J connectivity index is 0.000000184. The smallest absolute Gasteiger partial charge is 0.150 e. The number of sulfone groups is 1. The van der Waals surface area contributed by atoms with E-state index in [9.17, 15) is 8.42 Å². The Morgan fingerprint density at radius 3 is 1.22 bits per heavy atom. The van der Waals surface area contributed by atoms with Gasteiger partial charge in [0.25, 0.3) is 0 Å². The van der Waals surface area contributed by atoms with Gasteiger partial charge in [0.15, 0.2) is 0 Å². The van der Waals surface area contributed by atoms with Crippen LogP contribution in [0.5, 0.6) is 0 Å². The van der Waals surface area contributed by atoms with Crippen LogP contribution in [-0.2, 0) is 24.0 Å². The van der Waals surface area contributed by atoms with E-state index in [1.165, 1.54) is 19.3 Å². The van der Waals surface area contributed by atoms with Gasteiger partial charge >= 0.3 is 0 Å².